The lowest BCUT2D eigenvalue weighted by atomic mass is 10.0. The normalized spacial score (nSPS) is 11.1. The molecule has 0 spiro atoms. The third kappa shape index (κ3) is 3.75. The van der Waals surface area contributed by atoms with Gasteiger partial charge in [0.25, 0.3) is 0 Å². The largest absolute Gasteiger partial charge is 0.497 e. The first-order valence-electron chi connectivity index (χ1n) is 10.8. The first-order valence-corrected chi connectivity index (χ1v) is 10.8. The summed E-state index contributed by atoms with van der Waals surface area (Å²) in [6, 6.07) is 19.9. The molecular weight excluding hydrogens is 430 g/mol. The highest BCUT2D eigenvalue weighted by atomic mass is 16.5. The molecule has 0 saturated heterocycles. The Balaban J connectivity index is 1.71. The monoisotopic (exact) mass is 455 g/mol. The predicted octanol–water partition coefficient (Wildman–Crippen LogP) is 5.29. The van der Waals surface area contributed by atoms with Gasteiger partial charge in [-0.25, -0.2) is 0 Å². The van der Waals surface area contributed by atoms with Crippen LogP contribution in [0.25, 0.3) is 33.4 Å². The zero-order valence-corrected chi connectivity index (χ0v) is 19.5. The molecule has 3 aromatic rings. The molecule has 3 aromatic carbocycles. The van der Waals surface area contributed by atoms with E-state index >= 15 is 0 Å². The van der Waals surface area contributed by atoms with Gasteiger partial charge in [0, 0.05) is 35.3 Å². The first kappa shape index (κ1) is 21.6. The van der Waals surface area contributed by atoms with Crippen molar-refractivity contribution in [1.29, 1.82) is 0 Å². The van der Waals surface area contributed by atoms with Gasteiger partial charge in [-0.15, -0.1) is 10.2 Å². The van der Waals surface area contributed by atoms with Gasteiger partial charge in [-0.3, -0.25) is 0 Å². The lowest BCUT2D eigenvalue weighted by Crippen LogP contribution is -2.05. The summed E-state index contributed by atoms with van der Waals surface area (Å²) in [6.07, 6.45) is 2.10. The van der Waals surface area contributed by atoms with E-state index in [4.69, 9.17) is 18.9 Å². The quantitative estimate of drug-likeness (QED) is 0.332. The summed E-state index contributed by atoms with van der Waals surface area (Å²) in [7, 11) is 6.60. The van der Waals surface area contributed by atoms with E-state index < -0.39 is 0 Å². The van der Waals surface area contributed by atoms with E-state index in [1.165, 1.54) is 0 Å². The van der Waals surface area contributed by atoms with E-state index in [0.29, 0.717) is 18.0 Å². The summed E-state index contributed by atoms with van der Waals surface area (Å²) in [5.41, 5.74) is 5.67. The van der Waals surface area contributed by atoms with Crippen LogP contribution in [0.15, 0.2) is 66.9 Å². The van der Waals surface area contributed by atoms with Crippen LogP contribution in [0.1, 0.15) is 5.56 Å². The van der Waals surface area contributed by atoms with Crippen LogP contribution in [0.4, 0.5) is 0 Å². The summed E-state index contributed by atoms with van der Waals surface area (Å²) in [6.45, 7) is 0.652. The van der Waals surface area contributed by atoms with Crippen molar-refractivity contribution in [3.05, 3.63) is 72.4 Å². The van der Waals surface area contributed by atoms with Gasteiger partial charge in [-0.2, -0.15) is 0 Å². The maximum Gasteiger partial charge on any atom is 0.162 e. The third-order valence-electron chi connectivity index (χ3n) is 5.99. The number of hydrogen-bond acceptors (Lipinski definition) is 6. The highest BCUT2D eigenvalue weighted by Gasteiger charge is 2.22. The van der Waals surface area contributed by atoms with E-state index in [-0.39, 0.29) is 0 Å². The molecule has 0 fully saturated rings. The molecule has 0 amide bonds. The Kier molecular flexibility index (Phi) is 5.67. The minimum atomic E-state index is 0.646. The Morgan fingerprint density at radius 3 is 1.88 bits per heavy atom. The fourth-order valence-corrected chi connectivity index (χ4v) is 4.18. The Morgan fingerprint density at radius 1 is 0.676 bits per heavy atom. The molecule has 2 heterocycles. The van der Waals surface area contributed by atoms with Crippen molar-refractivity contribution in [2.45, 2.75) is 6.54 Å². The molecule has 0 aromatic heterocycles. The van der Waals surface area contributed by atoms with E-state index in [1.807, 2.05) is 48.5 Å². The molecule has 0 saturated carbocycles. The average molecular weight is 456 g/mol. The maximum atomic E-state index is 5.59. The topological polar surface area (TPSA) is 67.6 Å². The van der Waals surface area contributed by atoms with Crippen molar-refractivity contribution < 1.29 is 18.9 Å². The van der Waals surface area contributed by atoms with Crippen molar-refractivity contribution >= 4 is 10.9 Å². The van der Waals surface area contributed by atoms with Crippen LogP contribution in [-0.2, 0) is 6.54 Å². The molecule has 0 N–H and O–H groups in total. The summed E-state index contributed by atoms with van der Waals surface area (Å²) >= 11 is 0. The summed E-state index contributed by atoms with van der Waals surface area (Å²) in [5, 5.41) is 10.0. The predicted molar refractivity (Wildman–Crippen MR) is 131 cm³/mol. The number of fused-ring (bicyclic) bond motifs is 3. The minimum absolute atomic E-state index is 0.646. The van der Waals surface area contributed by atoms with Gasteiger partial charge in [-0.1, -0.05) is 12.1 Å². The molecule has 0 aliphatic carbocycles. The SMILES string of the molecule is COc1ccc(Cn2cc3c(-c4ccc(OC)cc4)nnc-3c3cc(OC)c(OC)cc32)cc1. The molecule has 0 unspecified atom stereocenters. The number of aromatic nitrogens is 3. The number of hydrogen-bond donors (Lipinski definition) is 0. The molecule has 5 rings (SSSR count). The molecule has 7 heteroatoms. The smallest absolute Gasteiger partial charge is 0.162 e. The molecule has 34 heavy (non-hydrogen) atoms. The molecular formula is C27H25N3O4. The molecule has 0 radical (unpaired) electrons. The molecule has 0 bridgehead atoms. The molecule has 172 valence electrons. The standard InChI is InChI=1S/C27H25N3O4/c1-31-19-9-5-17(6-10-19)15-30-16-22-26(18-7-11-20(32-2)12-8-18)28-29-27(22)21-13-24(33-3)25(34-4)14-23(21)30/h5-14,16H,15H2,1-4H3. The Morgan fingerprint density at radius 2 is 1.26 bits per heavy atom. The zero-order valence-electron chi connectivity index (χ0n) is 19.5. The Bertz CT molecular complexity index is 1410. The lowest BCUT2D eigenvalue weighted by Gasteiger charge is -2.18. The second-order valence-corrected chi connectivity index (χ2v) is 7.87. The number of methoxy groups -OCH3 is 4. The van der Waals surface area contributed by atoms with Crippen LogP contribution in [0.2, 0.25) is 0 Å². The fourth-order valence-electron chi connectivity index (χ4n) is 4.18. The van der Waals surface area contributed by atoms with Crippen molar-refractivity contribution in [3.8, 4) is 45.5 Å². The van der Waals surface area contributed by atoms with Crippen LogP contribution >= 0.6 is 0 Å². The van der Waals surface area contributed by atoms with Gasteiger partial charge in [-0.05, 0) is 48.0 Å². The van der Waals surface area contributed by atoms with Crippen LogP contribution in [0.3, 0.4) is 0 Å². The third-order valence-corrected chi connectivity index (χ3v) is 5.99. The van der Waals surface area contributed by atoms with Gasteiger partial charge < -0.3 is 23.5 Å². The number of pyridine rings is 1. The minimum Gasteiger partial charge on any atom is -0.497 e. The highest BCUT2D eigenvalue weighted by Crippen LogP contribution is 2.41. The van der Waals surface area contributed by atoms with Gasteiger partial charge in [0.1, 0.15) is 22.9 Å². The number of ether oxygens (including phenoxy) is 4. The van der Waals surface area contributed by atoms with Crippen molar-refractivity contribution in [2.75, 3.05) is 28.4 Å². The van der Waals surface area contributed by atoms with E-state index in [2.05, 4.69) is 33.1 Å². The van der Waals surface area contributed by atoms with Crippen LogP contribution in [-0.4, -0.2) is 43.2 Å². The van der Waals surface area contributed by atoms with Crippen LogP contribution in [0.5, 0.6) is 23.0 Å². The van der Waals surface area contributed by atoms with E-state index in [0.717, 1.165) is 50.5 Å². The maximum absolute atomic E-state index is 5.59. The van der Waals surface area contributed by atoms with Crippen molar-refractivity contribution in [3.63, 3.8) is 0 Å². The number of nitrogens with zero attached hydrogens (tertiary/aromatic N) is 3. The van der Waals surface area contributed by atoms with Crippen molar-refractivity contribution in [2.24, 2.45) is 0 Å². The van der Waals surface area contributed by atoms with E-state index in [1.54, 1.807) is 28.4 Å². The molecule has 2 aliphatic heterocycles. The number of benzene rings is 3. The van der Waals surface area contributed by atoms with Crippen LogP contribution in [0, 0.1) is 0 Å². The summed E-state index contributed by atoms with van der Waals surface area (Å²) < 4.78 is 24.0. The lowest BCUT2D eigenvalue weighted by molar-refractivity contribution is 0.355. The van der Waals surface area contributed by atoms with Gasteiger partial charge >= 0.3 is 0 Å². The second-order valence-electron chi connectivity index (χ2n) is 7.87. The fraction of sp³-hybridized carbons (Fsp3) is 0.185. The molecule has 2 aliphatic rings. The Hall–Kier alpha value is -4.26. The molecule has 0 atom stereocenters. The zero-order chi connectivity index (χ0) is 23.7. The van der Waals surface area contributed by atoms with Gasteiger partial charge in [0.15, 0.2) is 11.5 Å². The first-order chi connectivity index (χ1) is 16.6. The summed E-state index contributed by atoms with van der Waals surface area (Å²) in [5.74, 6) is 2.93. The summed E-state index contributed by atoms with van der Waals surface area (Å²) in [4.78, 5) is 0. The Labute approximate surface area is 197 Å². The van der Waals surface area contributed by atoms with E-state index in [9.17, 15) is 0 Å². The van der Waals surface area contributed by atoms with Gasteiger partial charge in [0.05, 0.1) is 34.0 Å². The van der Waals surface area contributed by atoms with Gasteiger partial charge in [0.2, 0.25) is 0 Å². The highest BCUT2D eigenvalue weighted by molar-refractivity contribution is 5.99. The molecule has 7 nitrogen and oxygen atoms in total. The van der Waals surface area contributed by atoms with Crippen LogP contribution < -0.4 is 18.9 Å². The van der Waals surface area contributed by atoms with Crippen molar-refractivity contribution in [1.82, 2.24) is 14.8 Å². The number of rotatable bonds is 7. The average Bonchev–Trinajstić information content (AvgIpc) is 3.32. The second kappa shape index (κ2) is 8.94.